The van der Waals surface area contributed by atoms with Crippen molar-refractivity contribution in [3.63, 3.8) is 0 Å². The van der Waals surface area contributed by atoms with Crippen molar-refractivity contribution >= 4 is 0 Å². The first-order valence-corrected chi connectivity index (χ1v) is 13.6. The maximum absolute atomic E-state index is 11.2. The third kappa shape index (κ3) is 2.80. The Balaban J connectivity index is 1.43. The number of benzene rings is 1. The average Bonchev–Trinajstić information content (AvgIpc) is 2.64. The van der Waals surface area contributed by atoms with Gasteiger partial charge in [0, 0.05) is 0 Å². The van der Waals surface area contributed by atoms with Crippen LogP contribution in [0.25, 0.3) is 0 Å². The number of rotatable bonds is 2. The van der Waals surface area contributed by atoms with E-state index in [1.165, 1.54) is 77.0 Å². The Bertz CT molecular complexity index is 779. The fraction of sp³-hybridized carbons (Fsp3) is 0.800. The zero-order valence-electron chi connectivity index (χ0n) is 20.1. The predicted octanol–water partition coefficient (Wildman–Crippen LogP) is 7.63. The second-order valence-electron chi connectivity index (χ2n) is 14.6. The number of aromatic hydroxyl groups is 1. The van der Waals surface area contributed by atoms with Gasteiger partial charge in [0.25, 0.3) is 0 Å². The van der Waals surface area contributed by atoms with Crippen LogP contribution in [-0.2, 0) is 16.2 Å². The van der Waals surface area contributed by atoms with Crippen LogP contribution in [0.4, 0.5) is 0 Å². The number of hydrogen-bond acceptors (Lipinski definition) is 1. The molecule has 31 heavy (non-hydrogen) atoms. The third-order valence-corrected chi connectivity index (χ3v) is 11.1. The van der Waals surface area contributed by atoms with Gasteiger partial charge in [0.05, 0.1) is 0 Å². The number of phenolic OH excluding ortho intramolecular Hbond substituents is 1. The molecule has 0 aliphatic heterocycles. The molecule has 0 heterocycles. The summed E-state index contributed by atoms with van der Waals surface area (Å²) in [5.74, 6) is 6.26. The lowest BCUT2D eigenvalue weighted by atomic mass is 9.45. The van der Waals surface area contributed by atoms with Crippen LogP contribution in [0.3, 0.4) is 0 Å². The summed E-state index contributed by atoms with van der Waals surface area (Å²) in [5.41, 5.74) is 5.73. The summed E-state index contributed by atoms with van der Waals surface area (Å²) in [7, 11) is 0. The Labute approximate surface area is 189 Å². The largest absolute Gasteiger partial charge is 0.508 e. The number of phenols is 1. The van der Waals surface area contributed by atoms with E-state index in [-0.39, 0.29) is 5.41 Å². The average molecular weight is 419 g/mol. The Morgan fingerprint density at radius 1 is 0.613 bits per heavy atom. The lowest BCUT2D eigenvalue weighted by molar-refractivity contribution is -0.0100. The highest BCUT2D eigenvalue weighted by Crippen LogP contribution is 2.65. The van der Waals surface area contributed by atoms with Crippen molar-refractivity contribution in [3.05, 3.63) is 28.8 Å². The minimum absolute atomic E-state index is 0.144. The molecule has 168 valence electrons. The van der Waals surface area contributed by atoms with Gasteiger partial charge in [-0.1, -0.05) is 20.8 Å². The molecule has 9 rings (SSSR count). The number of hydrogen-bond donors (Lipinski definition) is 1. The smallest absolute Gasteiger partial charge is 0.116 e. The summed E-state index contributed by atoms with van der Waals surface area (Å²) in [4.78, 5) is 0. The Morgan fingerprint density at radius 3 is 1.16 bits per heavy atom. The van der Waals surface area contributed by atoms with Crippen LogP contribution in [0.5, 0.6) is 5.75 Å². The van der Waals surface area contributed by atoms with Crippen LogP contribution in [-0.4, -0.2) is 5.11 Å². The Morgan fingerprint density at radius 2 is 0.903 bits per heavy atom. The van der Waals surface area contributed by atoms with E-state index >= 15 is 0 Å². The summed E-state index contributed by atoms with van der Waals surface area (Å²) < 4.78 is 0. The van der Waals surface area contributed by atoms with Gasteiger partial charge in [-0.15, -0.1) is 0 Å². The molecule has 0 spiro atoms. The third-order valence-electron chi connectivity index (χ3n) is 11.1. The van der Waals surface area contributed by atoms with Gasteiger partial charge in [-0.3, -0.25) is 0 Å². The first-order chi connectivity index (χ1) is 14.7. The molecule has 0 aromatic heterocycles. The van der Waals surface area contributed by atoms with Crippen molar-refractivity contribution in [3.8, 4) is 5.75 Å². The Hall–Kier alpha value is -0.980. The second kappa shape index (κ2) is 6.12. The molecule has 8 saturated carbocycles. The minimum Gasteiger partial charge on any atom is -0.508 e. The van der Waals surface area contributed by atoms with Gasteiger partial charge < -0.3 is 5.11 Å². The summed E-state index contributed by atoms with van der Waals surface area (Å²) >= 11 is 0. The molecular formula is C30H42O. The molecule has 1 aromatic carbocycles. The molecule has 0 saturated heterocycles. The molecule has 1 N–H and O–H groups in total. The molecule has 1 aromatic rings. The first-order valence-electron chi connectivity index (χ1n) is 13.6. The summed E-state index contributed by atoms with van der Waals surface area (Å²) in [5, 5.41) is 11.2. The van der Waals surface area contributed by atoms with Crippen LogP contribution in [0.15, 0.2) is 12.1 Å². The van der Waals surface area contributed by atoms with Crippen molar-refractivity contribution in [2.45, 2.75) is 114 Å². The van der Waals surface area contributed by atoms with E-state index in [9.17, 15) is 5.11 Å². The van der Waals surface area contributed by atoms with Crippen LogP contribution in [0.2, 0.25) is 0 Å². The lowest BCUT2D eigenvalue weighted by Gasteiger charge is -2.60. The Kier molecular flexibility index (Phi) is 3.85. The van der Waals surface area contributed by atoms with Gasteiger partial charge in [0.15, 0.2) is 0 Å². The van der Waals surface area contributed by atoms with Crippen LogP contribution in [0, 0.1) is 35.5 Å². The minimum atomic E-state index is 0.144. The highest BCUT2D eigenvalue weighted by molar-refractivity contribution is 5.53. The molecule has 8 bridgehead atoms. The maximum atomic E-state index is 11.2. The van der Waals surface area contributed by atoms with Gasteiger partial charge in [-0.25, -0.2) is 0 Å². The van der Waals surface area contributed by atoms with Crippen molar-refractivity contribution in [2.75, 3.05) is 0 Å². The maximum Gasteiger partial charge on any atom is 0.116 e. The predicted molar refractivity (Wildman–Crippen MR) is 127 cm³/mol. The van der Waals surface area contributed by atoms with Gasteiger partial charge in [0.1, 0.15) is 5.75 Å². The molecule has 0 amide bonds. The fourth-order valence-electron chi connectivity index (χ4n) is 11.2. The van der Waals surface area contributed by atoms with E-state index in [4.69, 9.17) is 0 Å². The first kappa shape index (κ1) is 19.5. The molecule has 8 aliphatic rings. The topological polar surface area (TPSA) is 20.2 Å². The van der Waals surface area contributed by atoms with Gasteiger partial charge in [-0.05, 0) is 158 Å². The standard InChI is InChI=1S/C30H42O/c1-28(2,3)27-25(29-12-18-4-19(13-29)6-20(5-18)14-29)10-24(31)11-26(27)30-15-21-7-22(16-30)9-23(8-21)17-30/h10-11,18-23,31H,4-9,12-17H2,1-3H3. The SMILES string of the molecule is CC(C)(C)c1c(C23CC4CC(CC(C4)C2)C3)cc(O)cc1C12CC3CC(CC(C3)C1)C2. The van der Waals surface area contributed by atoms with Crippen molar-refractivity contribution in [1.29, 1.82) is 0 Å². The molecule has 8 aliphatic carbocycles. The van der Waals surface area contributed by atoms with Gasteiger partial charge in [-0.2, -0.15) is 0 Å². The molecule has 1 heteroatoms. The summed E-state index contributed by atoms with van der Waals surface area (Å²) in [6.45, 7) is 7.40. The van der Waals surface area contributed by atoms with Gasteiger partial charge >= 0.3 is 0 Å². The van der Waals surface area contributed by atoms with Crippen molar-refractivity contribution < 1.29 is 5.11 Å². The van der Waals surface area contributed by atoms with E-state index in [0.717, 1.165) is 35.5 Å². The van der Waals surface area contributed by atoms with Crippen LogP contribution >= 0.6 is 0 Å². The van der Waals surface area contributed by atoms with E-state index in [1.807, 2.05) is 0 Å². The van der Waals surface area contributed by atoms with Crippen LogP contribution in [0.1, 0.15) is 115 Å². The van der Waals surface area contributed by atoms with Crippen molar-refractivity contribution in [1.82, 2.24) is 0 Å². The van der Waals surface area contributed by atoms with E-state index in [2.05, 4.69) is 32.9 Å². The summed E-state index contributed by atoms with van der Waals surface area (Å²) in [6, 6.07) is 4.52. The molecule has 0 radical (unpaired) electrons. The quantitative estimate of drug-likeness (QED) is 0.523. The normalized spacial score (nSPS) is 47.3. The van der Waals surface area contributed by atoms with Crippen LogP contribution < -0.4 is 0 Å². The van der Waals surface area contributed by atoms with E-state index < -0.39 is 0 Å². The van der Waals surface area contributed by atoms with Gasteiger partial charge in [0.2, 0.25) is 0 Å². The monoisotopic (exact) mass is 418 g/mol. The van der Waals surface area contributed by atoms with E-state index in [1.54, 1.807) is 16.7 Å². The molecule has 0 atom stereocenters. The molecular weight excluding hydrogens is 376 g/mol. The lowest BCUT2D eigenvalue weighted by Crippen LogP contribution is -2.51. The summed E-state index contributed by atoms with van der Waals surface area (Å²) in [6.07, 6.45) is 17.3. The molecule has 8 fully saturated rings. The fourth-order valence-corrected chi connectivity index (χ4v) is 11.2. The molecule has 0 unspecified atom stereocenters. The molecule has 1 nitrogen and oxygen atoms in total. The van der Waals surface area contributed by atoms with Crippen molar-refractivity contribution in [2.24, 2.45) is 35.5 Å². The highest BCUT2D eigenvalue weighted by atomic mass is 16.3. The van der Waals surface area contributed by atoms with E-state index in [0.29, 0.717) is 16.6 Å². The second-order valence-corrected chi connectivity index (χ2v) is 14.6. The zero-order valence-corrected chi connectivity index (χ0v) is 20.1. The highest BCUT2D eigenvalue weighted by Gasteiger charge is 2.56. The zero-order chi connectivity index (χ0) is 21.2.